The van der Waals surface area contributed by atoms with E-state index in [-0.39, 0.29) is 17.5 Å². The summed E-state index contributed by atoms with van der Waals surface area (Å²) in [6.45, 7) is 3.88. The normalized spacial score (nSPS) is 13.6. The molecule has 1 unspecified atom stereocenters. The van der Waals surface area contributed by atoms with Crippen LogP contribution in [0.25, 0.3) is 0 Å². The van der Waals surface area contributed by atoms with Crippen LogP contribution in [0.1, 0.15) is 18.1 Å². The van der Waals surface area contributed by atoms with Crippen molar-refractivity contribution in [2.75, 3.05) is 13.7 Å². The van der Waals surface area contributed by atoms with Gasteiger partial charge < -0.3 is 4.74 Å². The number of rotatable bonds is 6. The Hall–Kier alpha value is -0.620. The Morgan fingerprint density at radius 2 is 2.11 bits per heavy atom. The molecule has 0 spiro atoms. The van der Waals surface area contributed by atoms with Crippen LogP contribution < -0.4 is 4.72 Å². The van der Waals surface area contributed by atoms with Gasteiger partial charge in [0.1, 0.15) is 0 Å². The molecule has 1 rings (SSSR count). The lowest BCUT2D eigenvalue weighted by molar-refractivity contribution is 0.122. The molecule has 0 bridgehead atoms. The molecule has 1 atom stereocenters. The summed E-state index contributed by atoms with van der Waals surface area (Å²) in [7, 11) is -1.95. The average molecular weight is 292 g/mol. The molecule has 1 N–H and O–H groups in total. The van der Waals surface area contributed by atoms with Crippen molar-refractivity contribution in [3.05, 3.63) is 29.3 Å². The highest BCUT2D eigenvalue weighted by Crippen LogP contribution is 2.16. The smallest absolute Gasteiger partial charge is 0.240 e. The number of hydrogen-bond donors (Lipinski definition) is 1. The van der Waals surface area contributed by atoms with E-state index in [1.807, 2.05) is 6.92 Å². The second-order valence-corrected chi connectivity index (χ2v) is 6.15. The molecule has 0 saturated heterocycles. The van der Waals surface area contributed by atoms with Gasteiger partial charge in [0.2, 0.25) is 10.0 Å². The third-order valence-corrected chi connectivity index (χ3v) is 4.44. The fourth-order valence-corrected chi connectivity index (χ4v) is 2.88. The SMILES string of the molecule is COC(C)CNS(=O)(=O)c1ccc(CCl)c(C)c1. The van der Waals surface area contributed by atoms with E-state index >= 15 is 0 Å². The van der Waals surface area contributed by atoms with E-state index in [9.17, 15) is 8.42 Å². The summed E-state index contributed by atoms with van der Waals surface area (Å²) >= 11 is 5.74. The van der Waals surface area contributed by atoms with E-state index in [2.05, 4.69) is 4.72 Å². The van der Waals surface area contributed by atoms with Gasteiger partial charge in [-0.1, -0.05) is 6.07 Å². The van der Waals surface area contributed by atoms with Crippen molar-refractivity contribution in [1.82, 2.24) is 4.72 Å². The highest BCUT2D eigenvalue weighted by Gasteiger charge is 2.15. The Morgan fingerprint density at radius 1 is 1.44 bits per heavy atom. The predicted octanol–water partition coefficient (Wildman–Crippen LogP) is 2.05. The molecule has 0 fully saturated rings. The summed E-state index contributed by atoms with van der Waals surface area (Å²) < 4.78 is 31.5. The number of aryl methyl sites for hydroxylation is 1. The van der Waals surface area contributed by atoms with Crippen molar-refractivity contribution in [3.63, 3.8) is 0 Å². The number of nitrogens with one attached hydrogen (secondary N) is 1. The number of hydrogen-bond acceptors (Lipinski definition) is 3. The Labute approximate surface area is 113 Å². The Morgan fingerprint density at radius 3 is 2.61 bits per heavy atom. The van der Waals surface area contributed by atoms with Gasteiger partial charge in [-0.3, -0.25) is 0 Å². The summed E-state index contributed by atoms with van der Waals surface area (Å²) in [4.78, 5) is 0.247. The number of halogens is 1. The number of benzene rings is 1. The Balaban J connectivity index is 2.88. The van der Waals surface area contributed by atoms with E-state index in [4.69, 9.17) is 16.3 Å². The van der Waals surface area contributed by atoms with Crippen molar-refractivity contribution < 1.29 is 13.2 Å². The standard InChI is InChI=1S/C12H18ClNO3S/c1-9-6-12(5-4-11(9)7-13)18(15,16)14-8-10(2)17-3/h4-6,10,14H,7-8H2,1-3H3. The van der Waals surface area contributed by atoms with Crippen LogP contribution in [0.4, 0.5) is 0 Å². The van der Waals surface area contributed by atoms with Crippen LogP contribution in [0.5, 0.6) is 0 Å². The fraction of sp³-hybridized carbons (Fsp3) is 0.500. The molecule has 0 radical (unpaired) electrons. The van der Waals surface area contributed by atoms with Gasteiger partial charge in [0, 0.05) is 19.5 Å². The van der Waals surface area contributed by atoms with Gasteiger partial charge in [-0.25, -0.2) is 13.1 Å². The summed E-state index contributed by atoms with van der Waals surface area (Å²) in [5.74, 6) is 0.375. The van der Waals surface area contributed by atoms with Crippen LogP contribution in [0.3, 0.4) is 0 Å². The second-order valence-electron chi connectivity index (χ2n) is 4.12. The van der Waals surface area contributed by atoms with Crippen molar-refractivity contribution in [2.24, 2.45) is 0 Å². The van der Waals surface area contributed by atoms with Crippen molar-refractivity contribution in [3.8, 4) is 0 Å². The van der Waals surface area contributed by atoms with Crippen LogP contribution in [-0.4, -0.2) is 28.2 Å². The van der Waals surface area contributed by atoms with E-state index in [0.717, 1.165) is 11.1 Å². The first-order valence-corrected chi connectivity index (χ1v) is 7.60. The van der Waals surface area contributed by atoms with Crippen molar-refractivity contribution >= 4 is 21.6 Å². The topological polar surface area (TPSA) is 55.4 Å². The lowest BCUT2D eigenvalue weighted by Gasteiger charge is -2.12. The molecule has 0 heterocycles. The van der Waals surface area contributed by atoms with Crippen molar-refractivity contribution in [2.45, 2.75) is 30.7 Å². The first-order valence-electron chi connectivity index (χ1n) is 5.58. The molecule has 0 aromatic heterocycles. The summed E-state index contributed by atoms with van der Waals surface area (Å²) in [6, 6.07) is 4.92. The highest BCUT2D eigenvalue weighted by atomic mass is 35.5. The maximum Gasteiger partial charge on any atom is 0.240 e. The molecule has 4 nitrogen and oxygen atoms in total. The van der Waals surface area contributed by atoms with Crippen LogP contribution >= 0.6 is 11.6 Å². The zero-order valence-corrected chi connectivity index (χ0v) is 12.3. The molecule has 0 saturated carbocycles. The zero-order valence-electron chi connectivity index (χ0n) is 10.7. The quantitative estimate of drug-likeness (QED) is 0.816. The van der Waals surface area contributed by atoms with Gasteiger partial charge in [-0.15, -0.1) is 11.6 Å². The molecular formula is C12H18ClNO3S. The van der Waals surface area contributed by atoms with E-state index < -0.39 is 10.0 Å². The monoisotopic (exact) mass is 291 g/mol. The highest BCUT2D eigenvalue weighted by molar-refractivity contribution is 7.89. The lowest BCUT2D eigenvalue weighted by atomic mass is 10.1. The first kappa shape index (κ1) is 15.4. The molecule has 6 heteroatoms. The Kier molecular flexibility index (Phi) is 5.59. The number of methoxy groups -OCH3 is 1. The van der Waals surface area contributed by atoms with Crippen LogP contribution in [0.15, 0.2) is 23.1 Å². The zero-order chi connectivity index (χ0) is 13.8. The summed E-state index contributed by atoms with van der Waals surface area (Å²) in [5, 5.41) is 0. The minimum atomic E-state index is -3.49. The first-order chi connectivity index (χ1) is 8.40. The second kappa shape index (κ2) is 6.52. The molecular weight excluding hydrogens is 274 g/mol. The van der Waals surface area contributed by atoms with Gasteiger partial charge in [-0.05, 0) is 37.1 Å². The Bertz CT molecular complexity index is 502. The fourth-order valence-electron chi connectivity index (χ4n) is 1.38. The van der Waals surface area contributed by atoms with Crippen LogP contribution in [0.2, 0.25) is 0 Å². The number of sulfonamides is 1. The maximum absolute atomic E-state index is 12.0. The summed E-state index contributed by atoms with van der Waals surface area (Å²) in [6.07, 6.45) is -0.164. The van der Waals surface area contributed by atoms with E-state index in [1.54, 1.807) is 32.2 Å². The van der Waals surface area contributed by atoms with Gasteiger partial charge in [0.25, 0.3) is 0 Å². The average Bonchev–Trinajstić information content (AvgIpc) is 2.35. The van der Waals surface area contributed by atoms with Crippen LogP contribution in [-0.2, 0) is 20.6 Å². The molecule has 1 aromatic rings. The maximum atomic E-state index is 12.0. The molecule has 102 valence electrons. The predicted molar refractivity (Wildman–Crippen MR) is 72.4 cm³/mol. The van der Waals surface area contributed by atoms with E-state index in [1.165, 1.54) is 0 Å². The summed E-state index contributed by atoms with van der Waals surface area (Å²) in [5.41, 5.74) is 1.80. The minimum Gasteiger partial charge on any atom is -0.380 e. The third-order valence-electron chi connectivity index (χ3n) is 2.73. The van der Waals surface area contributed by atoms with Crippen LogP contribution in [0, 0.1) is 6.92 Å². The van der Waals surface area contributed by atoms with Gasteiger partial charge in [0.05, 0.1) is 11.0 Å². The minimum absolute atomic E-state index is 0.164. The van der Waals surface area contributed by atoms with Crippen molar-refractivity contribution in [1.29, 1.82) is 0 Å². The van der Waals surface area contributed by atoms with Gasteiger partial charge in [-0.2, -0.15) is 0 Å². The molecule has 0 aliphatic rings. The molecule has 18 heavy (non-hydrogen) atoms. The molecule has 0 aliphatic carbocycles. The van der Waals surface area contributed by atoms with E-state index in [0.29, 0.717) is 5.88 Å². The van der Waals surface area contributed by atoms with Gasteiger partial charge >= 0.3 is 0 Å². The number of ether oxygens (including phenoxy) is 1. The largest absolute Gasteiger partial charge is 0.380 e. The number of alkyl halides is 1. The molecule has 0 aliphatic heterocycles. The molecule has 0 amide bonds. The van der Waals surface area contributed by atoms with Gasteiger partial charge in [0.15, 0.2) is 0 Å². The molecule has 1 aromatic carbocycles. The third kappa shape index (κ3) is 3.95. The lowest BCUT2D eigenvalue weighted by Crippen LogP contribution is -2.31.